The van der Waals surface area contributed by atoms with E-state index >= 15 is 0 Å². The summed E-state index contributed by atoms with van der Waals surface area (Å²) in [7, 11) is 1.29. The Kier molecular flexibility index (Phi) is 11.8. The predicted octanol–water partition coefficient (Wildman–Crippen LogP) is -1.15. The van der Waals surface area contributed by atoms with Gasteiger partial charge < -0.3 is 25.8 Å². The number of nitrogens with zero attached hydrogens (tertiary/aromatic N) is 1. The van der Waals surface area contributed by atoms with Crippen LogP contribution in [0.4, 0.5) is 5.69 Å². The molecular formula is C25H36N6O7. The molecule has 1 unspecified atom stereocenters. The topological polar surface area (TPSA) is 185 Å². The summed E-state index contributed by atoms with van der Waals surface area (Å²) in [6.45, 7) is 4.34. The molecule has 13 nitrogen and oxygen atoms in total. The van der Waals surface area contributed by atoms with Crippen molar-refractivity contribution in [2.24, 2.45) is 5.92 Å². The first kappa shape index (κ1) is 30.4. The Labute approximate surface area is 220 Å². The van der Waals surface area contributed by atoms with Gasteiger partial charge in [0, 0.05) is 32.6 Å². The van der Waals surface area contributed by atoms with Crippen LogP contribution in [0, 0.1) is 5.92 Å². The molecule has 1 aliphatic heterocycles. The van der Waals surface area contributed by atoms with Crippen molar-refractivity contribution >= 4 is 40.9 Å². The number of pyridine rings is 1. The van der Waals surface area contributed by atoms with Crippen LogP contribution in [-0.2, 0) is 35.3 Å². The largest absolute Gasteiger partial charge is 0.354 e. The van der Waals surface area contributed by atoms with Crippen LogP contribution < -0.4 is 32.1 Å². The summed E-state index contributed by atoms with van der Waals surface area (Å²) in [5, 5.41) is 12.7. The van der Waals surface area contributed by atoms with E-state index in [1.807, 2.05) is 13.8 Å². The quantitative estimate of drug-likeness (QED) is 0.186. The monoisotopic (exact) mass is 532 g/mol. The predicted molar refractivity (Wildman–Crippen MR) is 138 cm³/mol. The Bertz CT molecular complexity index is 1110. The lowest BCUT2D eigenvalue weighted by molar-refractivity contribution is -0.138. The van der Waals surface area contributed by atoms with Gasteiger partial charge in [-0.1, -0.05) is 26.7 Å². The normalized spacial score (nSPS) is 15.6. The molecule has 1 saturated heterocycles. The van der Waals surface area contributed by atoms with E-state index < -0.39 is 41.1 Å². The standard InChI is InChI=1S/C25H36N6O7/c1-4-15(5-2)12-28-21(34)14-31-10-6-7-18(25(31)38)30-22(35)17(8-9-20(33)24(37)26-3)29-23(36)19-11-16(32)13-27-19/h6-7,10,15,17,19,27H,4-5,8-9,11-14H2,1-3H3,(H,26,37)(H,28,34)(H,29,36)(H,30,35)/t17?,19-/m0/s1. The second kappa shape index (κ2) is 14.8. The highest BCUT2D eigenvalue weighted by Gasteiger charge is 2.31. The maximum atomic E-state index is 13.1. The molecule has 0 saturated carbocycles. The molecule has 13 heteroatoms. The Hall–Kier alpha value is -3.87. The van der Waals surface area contributed by atoms with Crippen LogP contribution in [-0.4, -0.2) is 72.0 Å². The van der Waals surface area contributed by atoms with Crippen molar-refractivity contribution in [3.8, 4) is 0 Å². The van der Waals surface area contributed by atoms with E-state index in [1.165, 1.54) is 25.4 Å². The van der Waals surface area contributed by atoms with E-state index in [9.17, 15) is 33.6 Å². The molecule has 2 rings (SSSR count). The van der Waals surface area contributed by atoms with Crippen molar-refractivity contribution < 1.29 is 28.8 Å². The molecule has 4 amide bonds. The van der Waals surface area contributed by atoms with Gasteiger partial charge in [-0.2, -0.15) is 0 Å². The number of ketones is 2. The molecule has 1 aromatic heterocycles. The summed E-state index contributed by atoms with van der Waals surface area (Å²) in [6.07, 6.45) is 2.64. The molecule has 0 aromatic carbocycles. The SMILES string of the molecule is CCC(CC)CNC(=O)Cn1cccc(NC(=O)C(CCC(=O)C(=O)NC)NC(=O)[C@@H]2CC(=O)CN2)c1=O. The van der Waals surface area contributed by atoms with E-state index in [2.05, 4.69) is 26.6 Å². The fourth-order valence-corrected chi connectivity index (χ4v) is 3.89. The van der Waals surface area contributed by atoms with Crippen LogP contribution in [0.25, 0.3) is 0 Å². The fraction of sp³-hybridized carbons (Fsp3) is 0.560. The maximum Gasteiger partial charge on any atom is 0.287 e. The third kappa shape index (κ3) is 8.91. The second-order valence-corrected chi connectivity index (χ2v) is 9.11. The van der Waals surface area contributed by atoms with Gasteiger partial charge in [0.05, 0.1) is 12.6 Å². The van der Waals surface area contributed by atoms with Crippen molar-refractivity contribution in [1.82, 2.24) is 25.8 Å². The molecule has 1 aliphatic rings. The van der Waals surface area contributed by atoms with E-state index in [-0.39, 0.29) is 49.7 Å². The van der Waals surface area contributed by atoms with Gasteiger partial charge in [0.1, 0.15) is 24.1 Å². The Balaban J connectivity index is 2.12. The molecule has 0 spiro atoms. The summed E-state index contributed by atoms with van der Waals surface area (Å²) in [5.74, 6) is -3.21. The first-order valence-electron chi connectivity index (χ1n) is 12.7. The number of hydrogen-bond donors (Lipinski definition) is 5. The van der Waals surface area contributed by atoms with Crippen LogP contribution in [0.3, 0.4) is 0 Å². The third-order valence-corrected chi connectivity index (χ3v) is 6.40. The number of amides is 4. The molecule has 2 heterocycles. The van der Waals surface area contributed by atoms with Gasteiger partial charge in [0.25, 0.3) is 11.5 Å². The first-order valence-corrected chi connectivity index (χ1v) is 12.7. The minimum Gasteiger partial charge on any atom is -0.354 e. The number of hydrogen-bond acceptors (Lipinski definition) is 8. The third-order valence-electron chi connectivity index (χ3n) is 6.40. The van der Waals surface area contributed by atoms with E-state index in [4.69, 9.17) is 0 Å². The van der Waals surface area contributed by atoms with Crippen molar-refractivity contribution in [2.75, 3.05) is 25.5 Å². The van der Waals surface area contributed by atoms with Crippen molar-refractivity contribution in [3.63, 3.8) is 0 Å². The Morgan fingerprint density at radius 2 is 1.84 bits per heavy atom. The zero-order valence-corrected chi connectivity index (χ0v) is 21.9. The summed E-state index contributed by atoms with van der Waals surface area (Å²) < 4.78 is 1.15. The first-order chi connectivity index (χ1) is 18.1. The number of likely N-dealkylation sites (N-methyl/N-ethyl adjacent to an activating group) is 1. The summed E-state index contributed by atoms with van der Waals surface area (Å²) in [5.41, 5.74) is -0.760. The Morgan fingerprint density at radius 1 is 1.13 bits per heavy atom. The molecule has 208 valence electrons. The van der Waals surface area contributed by atoms with Crippen LogP contribution >= 0.6 is 0 Å². The molecule has 38 heavy (non-hydrogen) atoms. The average Bonchev–Trinajstić information content (AvgIpc) is 3.34. The second-order valence-electron chi connectivity index (χ2n) is 9.11. The molecule has 2 atom stereocenters. The van der Waals surface area contributed by atoms with Crippen molar-refractivity contribution in [2.45, 2.75) is 64.6 Å². The summed E-state index contributed by atoms with van der Waals surface area (Å²) >= 11 is 0. The molecule has 0 bridgehead atoms. The molecule has 0 radical (unpaired) electrons. The average molecular weight is 533 g/mol. The number of Topliss-reactive ketones (excluding diaryl/α,β-unsaturated/α-hetero) is 2. The van der Waals surface area contributed by atoms with Crippen molar-refractivity contribution in [1.29, 1.82) is 0 Å². The van der Waals surface area contributed by atoms with E-state index in [0.29, 0.717) is 12.5 Å². The van der Waals surface area contributed by atoms with Gasteiger partial charge >= 0.3 is 0 Å². The molecule has 1 fully saturated rings. The minimum absolute atomic E-state index is 0.0266. The van der Waals surface area contributed by atoms with Crippen LogP contribution in [0.5, 0.6) is 0 Å². The highest BCUT2D eigenvalue weighted by atomic mass is 16.2. The number of aromatic nitrogens is 1. The highest BCUT2D eigenvalue weighted by Crippen LogP contribution is 2.08. The highest BCUT2D eigenvalue weighted by molar-refractivity contribution is 6.36. The zero-order chi connectivity index (χ0) is 28.2. The molecule has 1 aromatic rings. The van der Waals surface area contributed by atoms with Gasteiger partial charge in [-0.15, -0.1) is 0 Å². The molecule has 5 N–H and O–H groups in total. The zero-order valence-electron chi connectivity index (χ0n) is 21.9. The number of anilines is 1. The van der Waals surface area contributed by atoms with Crippen LogP contribution in [0.15, 0.2) is 23.1 Å². The van der Waals surface area contributed by atoms with Crippen LogP contribution in [0.2, 0.25) is 0 Å². The van der Waals surface area contributed by atoms with Gasteiger partial charge in [-0.3, -0.25) is 38.9 Å². The van der Waals surface area contributed by atoms with Gasteiger partial charge in [-0.05, 0) is 24.5 Å². The van der Waals surface area contributed by atoms with Gasteiger partial charge in [-0.25, -0.2) is 0 Å². The Morgan fingerprint density at radius 3 is 2.45 bits per heavy atom. The lowest BCUT2D eigenvalue weighted by Gasteiger charge is -2.20. The minimum atomic E-state index is -1.27. The van der Waals surface area contributed by atoms with E-state index in [1.54, 1.807) is 0 Å². The van der Waals surface area contributed by atoms with Gasteiger partial charge in [0.2, 0.25) is 23.5 Å². The van der Waals surface area contributed by atoms with Gasteiger partial charge in [0.15, 0.2) is 0 Å². The number of nitrogens with one attached hydrogen (secondary N) is 5. The fourth-order valence-electron chi connectivity index (χ4n) is 3.89. The number of carbonyl (C=O) groups excluding carboxylic acids is 6. The lowest BCUT2D eigenvalue weighted by Crippen LogP contribution is -2.50. The summed E-state index contributed by atoms with van der Waals surface area (Å²) in [4.78, 5) is 86.0. The smallest absolute Gasteiger partial charge is 0.287 e. The maximum absolute atomic E-state index is 13.1. The van der Waals surface area contributed by atoms with Crippen molar-refractivity contribution in [3.05, 3.63) is 28.7 Å². The summed E-state index contributed by atoms with van der Waals surface area (Å²) in [6, 6.07) is 0.733. The molecular weight excluding hydrogens is 496 g/mol. The molecule has 0 aliphatic carbocycles. The van der Waals surface area contributed by atoms with Crippen LogP contribution in [0.1, 0.15) is 46.0 Å². The number of rotatable bonds is 14. The number of carbonyl (C=O) groups is 6. The lowest BCUT2D eigenvalue weighted by atomic mass is 10.0. The van der Waals surface area contributed by atoms with E-state index in [0.717, 1.165) is 17.4 Å².